The van der Waals surface area contributed by atoms with Crippen molar-refractivity contribution < 1.29 is 0 Å². The quantitative estimate of drug-likeness (QED) is 0.158. The van der Waals surface area contributed by atoms with Crippen LogP contribution in [-0.2, 0) is 0 Å². The van der Waals surface area contributed by atoms with Crippen LogP contribution in [0, 0.1) is 13.8 Å². The molecule has 0 unspecified atom stereocenters. The zero-order valence-corrected chi connectivity index (χ0v) is 34.7. The average molecular weight is 773 g/mol. The molecule has 8 heterocycles. The summed E-state index contributed by atoms with van der Waals surface area (Å²) < 4.78 is 3.67. The van der Waals surface area contributed by atoms with Gasteiger partial charge < -0.3 is 9.80 Å². The van der Waals surface area contributed by atoms with Crippen LogP contribution >= 0.6 is 0 Å². The van der Waals surface area contributed by atoms with Gasteiger partial charge in [0.15, 0.2) is 11.3 Å². The number of aromatic amines is 2. The van der Waals surface area contributed by atoms with Gasteiger partial charge >= 0.3 is 0 Å². The molecule has 0 amide bonds. The predicted octanol–water partition coefficient (Wildman–Crippen LogP) is 8.49. The number of nitrogens with one attached hydrogen (secondary N) is 2. The van der Waals surface area contributed by atoms with Crippen LogP contribution in [0.25, 0.3) is 56.3 Å². The number of nitrogens with zero attached hydrogens (tertiary/aromatic N) is 10. The summed E-state index contributed by atoms with van der Waals surface area (Å²) in [6.07, 6.45) is 7.23. The Balaban J connectivity index is 0.000000150. The largest absolute Gasteiger partial charge is 0.305 e. The second-order valence-electron chi connectivity index (χ2n) is 17.0. The zero-order valence-electron chi connectivity index (χ0n) is 34.7. The highest BCUT2D eigenvalue weighted by molar-refractivity contribution is 5.77. The number of hydrogen-bond donors (Lipinski definition) is 2. The third kappa shape index (κ3) is 6.90. The number of hydrogen-bond acceptors (Lipinski definition) is 8. The van der Waals surface area contributed by atoms with E-state index in [4.69, 9.17) is 10.2 Å². The molecule has 0 aliphatic carbocycles. The van der Waals surface area contributed by atoms with Gasteiger partial charge in [-0.2, -0.15) is 20.4 Å². The van der Waals surface area contributed by atoms with Crippen molar-refractivity contribution in [1.82, 2.24) is 59.4 Å². The normalized spacial score (nSPS) is 15.3. The van der Waals surface area contributed by atoms with Gasteiger partial charge in [-0.05, 0) is 74.2 Å². The van der Waals surface area contributed by atoms with E-state index in [0.29, 0.717) is 23.7 Å². The monoisotopic (exact) mass is 772 g/mol. The summed E-state index contributed by atoms with van der Waals surface area (Å²) in [5.74, 6) is 1.99. The Kier molecular flexibility index (Phi) is 9.77. The average Bonchev–Trinajstić information content (AvgIpc) is 4.02. The Morgan fingerprint density at radius 2 is 0.931 bits per heavy atom. The van der Waals surface area contributed by atoms with Crippen molar-refractivity contribution in [2.75, 3.05) is 40.3 Å². The summed E-state index contributed by atoms with van der Waals surface area (Å²) in [5.41, 5.74) is 17.9. The zero-order chi connectivity index (χ0) is 40.2. The molecule has 2 saturated heterocycles. The molecule has 0 bridgehead atoms. The highest BCUT2D eigenvalue weighted by Gasteiger charge is 2.27. The molecule has 6 aromatic heterocycles. The number of likely N-dealkylation sites (tertiary alicyclic amines) is 2. The summed E-state index contributed by atoms with van der Waals surface area (Å²) in [7, 11) is 4.34. The molecule has 2 aliphatic rings. The minimum atomic E-state index is 0.338. The van der Waals surface area contributed by atoms with E-state index in [9.17, 15) is 0 Å². The molecule has 296 valence electrons. The van der Waals surface area contributed by atoms with Crippen molar-refractivity contribution in [1.29, 1.82) is 0 Å². The lowest BCUT2D eigenvalue weighted by molar-refractivity contribution is 0.190. The molecule has 2 fully saturated rings. The van der Waals surface area contributed by atoms with Gasteiger partial charge in [0, 0.05) is 83.8 Å². The third-order valence-electron chi connectivity index (χ3n) is 11.9. The number of aromatic nitrogens is 10. The van der Waals surface area contributed by atoms with Crippen molar-refractivity contribution in [3.63, 3.8) is 0 Å². The lowest BCUT2D eigenvalue weighted by atomic mass is 9.90. The minimum absolute atomic E-state index is 0.338. The minimum Gasteiger partial charge on any atom is -0.305 e. The number of rotatable bonds is 8. The summed E-state index contributed by atoms with van der Waals surface area (Å²) in [6, 6.07) is 22.2. The summed E-state index contributed by atoms with van der Waals surface area (Å²) in [5, 5.41) is 24.7. The first-order valence-corrected chi connectivity index (χ1v) is 20.4. The van der Waals surface area contributed by atoms with Gasteiger partial charge in [0.1, 0.15) is 12.7 Å². The van der Waals surface area contributed by atoms with Gasteiger partial charge in [0.05, 0.1) is 22.8 Å². The lowest BCUT2D eigenvalue weighted by Crippen LogP contribution is -2.41. The Morgan fingerprint density at radius 3 is 1.28 bits per heavy atom. The van der Waals surface area contributed by atoms with E-state index >= 15 is 0 Å². The first-order chi connectivity index (χ1) is 28.0. The molecular weight excluding hydrogens is 721 g/mol. The summed E-state index contributed by atoms with van der Waals surface area (Å²) in [4.78, 5) is 13.4. The van der Waals surface area contributed by atoms with Crippen molar-refractivity contribution in [3.05, 3.63) is 119 Å². The van der Waals surface area contributed by atoms with Crippen LogP contribution in [0.3, 0.4) is 0 Å². The number of H-pyrrole nitrogens is 2. The standard InChI is InChI=1S/2C23H26N6/c2*1-14(2)20-21(17-7-5-16(6-8-17)19-10-28(4)11-19)26-27-22(20)18-9-15(3)23-24-13-25-29(23)12-18/h2*5-9,12-14,19H,10-11H2,1-4H3,(H,26,27). The van der Waals surface area contributed by atoms with Crippen LogP contribution in [0.5, 0.6) is 0 Å². The predicted molar refractivity (Wildman–Crippen MR) is 230 cm³/mol. The van der Waals surface area contributed by atoms with Crippen LogP contribution < -0.4 is 0 Å². The first-order valence-electron chi connectivity index (χ1n) is 20.4. The lowest BCUT2D eigenvalue weighted by Gasteiger charge is -2.36. The van der Waals surface area contributed by atoms with E-state index in [1.807, 2.05) is 21.4 Å². The first kappa shape index (κ1) is 37.6. The second kappa shape index (κ2) is 15.1. The fourth-order valence-electron chi connectivity index (χ4n) is 8.81. The Morgan fingerprint density at radius 1 is 0.552 bits per heavy atom. The maximum atomic E-state index is 4.72. The van der Waals surface area contributed by atoms with Crippen LogP contribution in [-0.4, -0.2) is 99.7 Å². The topological polar surface area (TPSA) is 124 Å². The Hall–Kier alpha value is -5.98. The number of pyridine rings is 2. The van der Waals surface area contributed by atoms with Gasteiger partial charge in [0.25, 0.3) is 0 Å². The maximum absolute atomic E-state index is 4.72. The molecule has 58 heavy (non-hydrogen) atoms. The van der Waals surface area contributed by atoms with Crippen molar-refractivity contribution in [2.45, 2.75) is 65.2 Å². The Labute approximate surface area is 339 Å². The smallest absolute Gasteiger partial charge is 0.158 e. The van der Waals surface area contributed by atoms with Crippen LogP contribution in [0.15, 0.2) is 85.7 Å². The number of likely N-dealkylation sites (N-methyl/N-ethyl adjacent to an activating group) is 2. The van der Waals surface area contributed by atoms with E-state index < -0.39 is 0 Å². The van der Waals surface area contributed by atoms with Gasteiger partial charge in [0.2, 0.25) is 0 Å². The van der Waals surface area contributed by atoms with E-state index in [1.165, 1.54) is 22.3 Å². The molecule has 10 rings (SSSR count). The molecule has 2 aliphatic heterocycles. The highest BCUT2D eigenvalue weighted by atomic mass is 15.3. The third-order valence-corrected chi connectivity index (χ3v) is 11.9. The molecule has 12 heteroatoms. The molecule has 0 atom stereocenters. The molecule has 2 N–H and O–H groups in total. The molecular formula is C46H52N12. The molecule has 0 radical (unpaired) electrons. The SMILES string of the molecule is Cc1cc(-c2[nH]nc(-c3ccc(C4CN(C)C4)cc3)c2C(C)C)cn2ncnc12.Cc1cc(-c2[nH]nc(-c3ccc(C4CN(C)C4)cc3)c2C(C)C)cn2ncnc12. The highest BCUT2D eigenvalue weighted by Crippen LogP contribution is 2.38. The van der Waals surface area contributed by atoms with Crippen LogP contribution in [0.4, 0.5) is 0 Å². The van der Waals surface area contributed by atoms with E-state index in [-0.39, 0.29) is 0 Å². The van der Waals surface area contributed by atoms with Crippen molar-refractivity contribution >= 4 is 11.3 Å². The summed E-state index contributed by atoms with van der Waals surface area (Å²) in [6.45, 7) is 17.6. The molecule has 2 aromatic carbocycles. The van der Waals surface area contributed by atoms with Crippen LogP contribution in [0.1, 0.15) is 84.7 Å². The van der Waals surface area contributed by atoms with Gasteiger partial charge in [-0.1, -0.05) is 76.2 Å². The van der Waals surface area contributed by atoms with Gasteiger partial charge in [-0.25, -0.2) is 19.0 Å². The van der Waals surface area contributed by atoms with Crippen LogP contribution in [0.2, 0.25) is 0 Å². The van der Waals surface area contributed by atoms with Gasteiger partial charge in [-0.3, -0.25) is 10.2 Å². The van der Waals surface area contributed by atoms with E-state index in [2.05, 4.69) is 156 Å². The molecule has 0 saturated carbocycles. The Bertz CT molecular complexity index is 2510. The second-order valence-corrected chi connectivity index (χ2v) is 17.0. The molecule has 12 nitrogen and oxygen atoms in total. The summed E-state index contributed by atoms with van der Waals surface area (Å²) >= 11 is 0. The van der Waals surface area contributed by atoms with Crippen molar-refractivity contribution in [3.8, 4) is 45.0 Å². The van der Waals surface area contributed by atoms with Gasteiger partial charge in [-0.15, -0.1) is 0 Å². The van der Waals surface area contributed by atoms with Crippen molar-refractivity contribution in [2.24, 2.45) is 0 Å². The fraction of sp³-hybridized carbons (Fsp3) is 0.348. The van der Waals surface area contributed by atoms with E-state index in [1.54, 1.807) is 12.7 Å². The molecule has 0 spiro atoms. The number of benzene rings is 2. The molecule has 8 aromatic rings. The number of aryl methyl sites for hydroxylation is 2. The maximum Gasteiger partial charge on any atom is 0.158 e. The van der Waals surface area contributed by atoms with E-state index in [0.717, 1.165) is 93.6 Å². The number of fused-ring (bicyclic) bond motifs is 2. The fourth-order valence-corrected chi connectivity index (χ4v) is 8.81.